The van der Waals surface area contributed by atoms with Crippen LogP contribution in [0.25, 0.3) is 0 Å². The molecule has 0 saturated carbocycles. The molecule has 1 aliphatic heterocycles. The first-order valence-electron chi connectivity index (χ1n) is 7.98. The minimum Gasteiger partial charge on any atom is -0.479 e. The van der Waals surface area contributed by atoms with E-state index >= 15 is 0 Å². The summed E-state index contributed by atoms with van der Waals surface area (Å²) < 4.78 is 5.49. The number of anilines is 2. The molecule has 0 aromatic heterocycles. The molecule has 1 aliphatic rings. The number of aryl methyl sites for hydroxylation is 2. The molecule has 5 nitrogen and oxygen atoms in total. The van der Waals surface area contributed by atoms with Gasteiger partial charge in [0.15, 0.2) is 6.10 Å². The van der Waals surface area contributed by atoms with Gasteiger partial charge in [-0.1, -0.05) is 29.8 Å². The van der Waals surface area contributed by atoms with Gasteiger partial charge in [0.2, 0.25) is 5.91 Å². The lowest BCUT2D eigenvalue weighted by atomic mass is 10.1. The average Bonchev–Trinajstić information content (AvgIpc) is 2.56. The number of nitrogens with one attached hydrogen (secondary N) is 2. The summed E-state index contributed by atoms with van der Waals surface area (Å²) in [5, 5.41) is 5.63. The first kappa shape index (κ1) is 16.1. The highest BCUT2D eigenvalue weighted by atomic mass is 16.5. The van der Waals surface area contributed by atoms with Gasteiger partial charge in [-0.2, -0.15) is 0 Å². The summed E-state index contributed by atoms with van der Waals surface area (Å²) in [7, 11) is 0. The summed E-state index contributed by atoms with van der Waals surface area (Å²) in [6, 6.07) is 13.4. The fourth-order valence-corrected chi connectivity index (χ4v) is 2.52. The molecule has 2 aromatic carbocycles. The molecule has 2 amide bonds. The molecule has 1 atom stereocenters. The average molecular weight is 324 g/mol. The number of amides is 2. The zero-order chi connectivity index (χ0) is 17.1. The van der Waals surface area contributed by atoms with Crippen LogP contribution < -0.4 is 15.4 Å². The van der Waals surface area contributed by atoms with Crippen LogP contribution in [-0.2, 0) is 16.0 Å². The van der Waals surface area contributed by atoms with Gasteiger partial charge in [0.05, 0.1) is 5.69 Å². The number of carbonyl (C=O) groups is 2. The summed E-state index contributed by atoms with van der Waals surface area (Å²) >= 11 is 0. The molecule has 5 heteroatoms. The molecule has 3 rings (SSSR count). The van der Waals surface area contributed by atoms with Gasteiger partial charge in [-0.05, 0) is 44.0 Å². The summed E-state index contributed by atoms with van der Waals surface area (Å²) in [5.41, 5.74) is 3.56. The summed E-state index contributed by atoms with van der Waals surface area (Å²) in [6.07, 6.45) is 0.585. The van der Waals surface area contributed by atoms with Crippen LogP contribution in [0.2, 0.25) is 0 Å². The molecule has 2 aromatic rings. The molecule has 1 heterocycles. The van der Waals surface area contributed by atoms with E-state index in [9.17, 15) is 9.59 Å². The maximum Gasteiger partial charge on any atom is 0.265 e. The molecule has 2 N–H and O–H groups in total. The zero-order valence-electron chi connectivity index (χ0n) is 13.8. The second kappa shape index (κ2) is 6.74. The van der Waals surface area contributed by atoms with Crippen LogP contribution >= 0.6 is 0 Å². The van der Waals surface area contributed by atoms with Crippen molar-refractivity contribution in [1.29, 1.82) is 0 Å². The lowest BCUT2D eigenvalue weighted by Gasteiger charge is -2.23. The molecule has 124 valence electrons. The third kappa shape index (κ3) is 3.74. The fourth-order valence-electron chi connectivity index (χ4n) is 2.52. The number of rotatable bonds is 4. The topological polar surface area (TPSA) is 67.4 Å². The quantitative estimate of drug-likeness (QED) is 0.907. The second-order valence-corrected chi connectivity index (χ2v) is 5.99. The first-order chi connectivity index (χ1) is 11.5. The molecule has 0 fully saturated rings. The largest absolute Gasteiger partial charge is 0.479 e. The van der Waals surface area contributed by atoms with Crippen LogP contribution in [0.5, 0.6) is 5.75 Å². The molecular weight excluding hydrogens is 304 g/mol. The van der Waals surface area contributed by atoms with E-state index in [1.54, 1.807) is 25.1 Å². The zero-order valence-corrected chi connectivity index (χ0v) is 13.8. The highest BCUT2D eigenvalue weighted by Crippen LogP contribution is 2.32. The highest BCUT2D eigenvalue weighted by molar-refractivity contribution is 5.99. The van der Waals surface area contributed by atoms with Crippen LogP contribution in [0.15, 0.2) is 42.5 Å². The predicted molar refractivity (Wildman–Crippen MR) is 93.3 cm³/mol. The van der Waals surface area contributed by atoms with Gasteiger partial charge in [0, 0.05) is 12.1 Å². The number of carbonyl (C=O) groups excluding carboxylic acids is 2. The van der Waals surface area contributed by atoms with Gasteiger partial charge in [-0.15, -0.1) is 0 Å². The summed E-state index contributed by atoms with van der Waals surface area (Å²) in [6.45, 7) is 3.73. The van der Waals surface area contributed by atoms with Crippen LogP contribution in [0.1, 0.15) is 24.5 Å². The van der Waals surface area contributed by atoms with Gasteiger partial charge in [-0.3, -0.25) is 9.59 Å². The van der Waals surface area contributed by atoms with E-state index in [4.69, 9.17) is 4.74 Å². The second-order valence-electron chi connectivity index (χ2n) is 5.99. The highest BCUT2D eigenvalue weighted by Gasteiger charge is 2.23. The van der Waals surface area contributed by atoms with Crippen molar-refractivity contribution >= 4 is 23.2 Å². The van der Waals surface area contributed by atoms with Crippen molar-refractivity contribution in [2.24, 2.45) is 0 Å². The number of benzene rings is 2. The van der Waals surface area contributed by atoms with E-state index in [0.29, 0.717) is 30.0 Å². The number of fused-ring (bicyclic) bond motifs is 1. The SMILES string of the molecule is Cc1ccc(CCC(=O)Nc2ccc3c(c2)NC(=O)C(C)O3)cc1. The lowest BCUT2D eigenvalue weighted by Crippen LogP contribution is -2.34. The van der Waals surface area contributed by atoms with Crippen molar-refractivity contribution in [3.05, 3.63) is 53.6 Å². The van der Waals surface area contributed by atoms with Crippen molar-refractivity contribution in [1.82, 2.24) is 0 Å². The van der Waals surface area contributed by atoms with Crippen molar-refractivity contribution in [3.8, 4) is 5.75 Å². The van der Waals surface area contributed by atoms with E-state index in [1.165, 1.54) is 5.56 Å². The normalized spacial score (nSPS) is 15.9. The van der Waals surface area contributed by atoms with Gasteiger partial charge in [0.1, 0.15) is 5.75 Å². The number of ether oxygens (including phenoxy) is 1. The van der Waals surface area contributed by atoms with Gasteiger partial charge in [-0.25, -0.2) is 0 Å². The Morgan fingerprint density at radius 3 is 2.71 bits per heavy atom. The van der Waals surface area contributed by atoms with Crippen molar-refractivity contribution in [2.75, 3.05) is 10.6 Å². The monoisotopic (exact) mass is 324 g/mol. The Kier molecular flexibility index (Phi) is 4.51. The standard InChI is InChI=1S/C19H20N2O3/c1-12-3-5-14(6-4-12)7-10-18(22)20-15-8-9-17-16(11-15)21-19(23)13(2)24-17/h3-6,8-9,11,13H,7,10H2,1-2H3,(H,20,22)(H,21,23). The van der Waals surface area contributed by atoms with Crippen molar-refractivity contribution in [3.63, 3.8) is 0 Å². The Balaban J connectivity index is 1.59. The predicted octanol–water partition coefficient (Wildman–Crippen LogP) is 3.29. The fraction of sp³-hybridized carbons (Fsp3) is 0.263. The number of hydrogen-bond donors (Lipinski definition) is 2. The van der Waals surface area contributed by atoms with E-state index in [1.807, 2.05) is 31.2 Å². The minimum absolute atomic E-state index is 0.0630. The molecule has 0 bridgehead atoms. The molecule has 0 aliphatic carbocycles. The Morgan fingerprint density at radius 2 is 1.96 bits per heavy atom. The molecule has 24 heavy (non-hydrogen) atoms. The van der Waals surface area contributed by atoms with Crippen LogP contribution in [0.3, 0.4) is 0 Å². The summed E-state index contributed by atoms with van der Waals surface area (Å²) in [5.74, 6) is 0.358. The van der Waals surface area contributed by atoms with E-state index in [2.05, 4.69) is 10.6 Å². The molecule has 1 unspecified atom stereocenters. The van der Waals surface area contributed by atoms with Crippen LogP contribution in [0.4, 0.5) is 11.4 Å². The van der Waals surface area contributed by atoms with Crippen molar-refractivity contribution < 1.29 is 14.3 Å². The Hall–Kier alpha value is -2.82. The van der Waals surface area contributed by atoms with Gasteiger partial charge in [0.25, 0.3) is 5.91 Å². The third-order valence-electron chi connectivity index (χ3n) is 3.96. The minimum atomic E-state index is -0.507. The maximum absolute atomic E-state index is 12.1. The third-order valence-corrected chi connectivity index (χ3v) is 3.96. The molecule has 0 saturated heterocycles. The molecular formula is C19H20N2O3. The Labute approximate surface area is 141 Å². The van der Waals surface area contributed by atoms with E-state index < -0.39 is 6.10 Å². The smallest absolute Gasteiger partial charge is 0.265 e. The lowest BCUT2D eigenvalue weighted by molar-refractivity contribution is -0.122. The van der Waals surface area contributed by atoms with Gasteiger partial charge < -0.3 is 15.4 Å². The molecule has 0 spiro atoms. The van der Waals surface area contributed by atoms with E-state index in [0.717, 1.165) is 5.56 Å². The maximum atomic E-state index is 12.1. The number of hydrogen-bond acceptors (Lipinski definition) is 3. The van der Waals surface area contributed by atoms with E-state index in [-0.39, 0.29) is 11.8 Å². The first-order valence-corrected chi connectivity index (χ1v) is 7.98. The Morgan fingerprint density at radius 1 is 1.21 bits per heavy atom. The van der Waals surface area contributed by atoms with Crippen LogP contribution in [-0.4, -0.2) is 17.9 Å². The Bertz CT molecular complexity index is 769. The molecule has 0 radical (unpaired) electrons. The van der Waals surface area contributed by atoms with Crippen molar-refractivity contribution in [2.45, 2.75) is 32.8 Å². The summed E-state index contributed by atoms with van der Waals surface area (Å²) in [4.78, 5) is 23.8. The van der Waals surface area contributed by atoms with Crippen LogP contribution in [0, 0.1) is 6.92 Å². The van der Waals surface area contributed by atoms with Gasteiger partial charge >= 0.3 is 0 Å².